The highest BCUT2D eigenvalue weighted by molar-refractivity contribution is 8.00. The van der Waals surface area contributed by atoms with Crippen molar-refractivity contribution in [2.24, 2.45) is 0 Å². The van der Waals surface area contributed by atoms with Crippen molar-refractivity contribution in [1.29, 1.82) is 0 Å². The van der Waals surface area contributed by atoms with Gasteiger partial charge in [-0.25, -0.2) is 4.39 Å². The van der Waals surface area contributed by atoms with E-state index in [4.69, 9.17) is 5.73 Å². The van der Waals surface area contributed by atoms with Gasteiger partial charge in [-0.1, -0.05) is 19.9 Å². The highest BCUT2D eigenvalue weighted by Crippen LogP contribution is 2.31. The molecule has 0 aliphatic carbocycles. The van der Waals surface area contributed by atoms with E-state index in [2.05, 4.69) is 18.7 Å². The minimum absolute atomic E-state index is 0.189. The van der Waals surface area contributed by atoms with Crippen LogP contribution in [0.3, 0.4) is 0 Å². The van der Waals surface area contributed by atoms with Crippen molar-refractivity contribution in [2.45, 2.75) is 31.6 Å². The Kier molecular flexibility index (Phi) is 4.17. The number of nitrogens with two attached hydrogens (primary N) is 1. The smallest absolute Gasteiger partial charge is 0.129 e. The molecule has 1 aromatic carbocycles. The Labute approximate surface area is 113 Å². The van der Waals surface area contributed by atoms with Crippen molar-refractivity contribution >= 4 is 17.4 Å². The zero-order valence-corrected chi connectivity index (χ0v) is 11.9. The van der Waals surface area contributed by atoms with Gasteiger partial charge in [-0.05, 0) is 25.1 Å². The maximum atomic E-state index is 13.7. The lowest BCUT2D eigenvalue weighted by molar-refractivity contribution is 0.273. The van der Waals surface area contributed by atoms with E-state index in [1.165, 1.54) is 6.07 Å². The molecular formula is C14H21FN2S. The SMILES string of the molecule is CC1(C)CCN(Cc2c(N)cccc2F)CCS1. The maximum absolute atomic E-state index is 13.7. The molecule has 0 spiro atoms. The molecule has 2 rings (SSSR count). The Morgan fingerprint density at radius 1 is 1.39 bits per heavy atom. The van der Waals surface area contributed by atoms with E-state index in [1.54, 1.807) is 12.1 Å². The van der Waals surface area contributed by atoms with Gasteiger partial charge in [0.15, 0.2) is 0 Å². The minimum atomic E-state index is -0.189. The summed E-state index contributed by atoms with van der Waals surface area (Å²) in [6, 6.07) is 4.92. The van der Waals surface area contributed by atoms with Crippen molar-refractivity contribution < 1.29 is 4.39 Å². The van der Waals surface area contributed by atoms with Crippen LogP contribution >= 0.6 is 11.8 Å². The van der Waals surface area contributed by atoms with Crippen LogP contribution in [0.5, 0.6) is 0 Å². The van der Waals surface area contributed by atoms with Gasteiger partial charge in [-0.2, -0.15) is 11.8 Å². The second-order valence-corrected chi connectivity index (χ2v) is 7.24. The summed E-state index contributed by atoms with van der Waals surface area (Å²) < 4.78 is 14.1. The Balaban J connectivity index is 2.05. The first-order valence-electron chi connectivity index (χ1n) is 6.37. The molecule has 1 heterocycles. The summed E-state index contributed by atoms with van der Waals surface area (Å²) in [7, 11) is 0. The third kappa shape index (κ3) is 3.39. The van der Waals surface area contributed by atoms with E-state index in [0.29, 0.717) is 22.5 Å². The number of hydrogen-bond donors (Lipinski definition) is 1. The summed E-state index contributed by atoms with van der Waals surface area (Å²) in [6.45, 7) is 7.18. The van der Waals surface area contributed by atoms with Gasteiger partial charge in [0.1, 0.15) is 5.82 Å². The van der Waals surface area contributed by atoms with Gasteiger partial charge in [-0.15, -0.1) is 0 Å². The lowest BCUT2D eigenvalue weighted by atomic mass is 10.1. The van der Waals surface area contributed by atoms with Crippen molar-refractivity contribution in [3.05, 3.63) is 29.6 Å². The second kappa shape index (κ2) is 5.49. The number of anilines is 1. The largest absolute Gasteiger partial charge is 0.398 e. The zero-order chi connectivity index (χ0) is 13.2. The van der Waals surface area contributed by atoms with Crippen molar-refractivity contribution in [3.63, 3.8) is 0 Å². The molecule has 4 heteroatoms. The average molecular weight is 268 g/mol. The number of benzene rings is 1. The Hall–Kier alpha value is -0.740. The van der Waals surface area contributed by atoms with E-state index < -0.39 is 0 Å². The lowest BCUT2D eigenvalue weighted by Gasteiger charge is -2.23. The molecule has 1 aromatic rings. The van der Waals surface area contributed by atoms with Crippen LogP contribution in [-0.4, -0.2) is 28.5 Å². The topological polar surface area (TPSA) is 29.3 Å². The van der Waals surface area contributed by atoms with Crippen LogP contribution in [-0.2, 0) is 6.54 Å². The number of hydrogen-bond acceptors (Lipinski definition) is 3. The third-order valence-electron chi connectivity index (χ3n) is 3.47. The van der Waals surface area contributed by atoms with Crippen LogP contribution in [0, 0.1) is 5.82 Å². The minimum Gasteiger partial charge on any atom is -0.398 e. The summed E-state index contributed by atoms with van der Waals surface area (Å²) in [5.74, 6) is 0.910. The normalized spacial score (nSPS) is 20.6. The first-order valence-corrected chi connectivity index (χ1v) is 7.36. The van der Waals surface area contributed by atoms with Crippen LogP contribution in [0.4, 0.5) is 10.1 Å². The van der Waals surface area contributed by atoms with Gasteiger partial charge in [0.2, 0.25) is 0 Å². The molecule has 1 saturated heterocycles. The van der Waals surface area contributed by atoms with Crippen LogP contribution in [0.1, 0.15) is 25.8 Å². The molecule has 1 fully saturated rings. The van der Waals surface area contributed by atoms with Gasteiger partial charge < -0.3 is 5.73 Å². The van der Waals surface area contributed by atoms with Gasteiger partial charge in [-0.3, -0.25) is 4.90 Å². The van der Waals surface area contributed by atoms with E-state index in [1.807, 2.05) is 11.8 Å². The summed E-state index contributed by atoms with van der Waals surface area (Å²) in [4.78, 5) is 2.30. The summed E-state index contributed by atoms with van der Waals surface area (Å²) in [6.07, 6.45) is 1.13. The molecule has 0 saturated carbocycles. The highest BCUT2D eigenvalue weighted by atomic mass is 32.2. The maximum Gasteiger partial charge on any atom is 0.129 e. The number of rotatable bonds is 2. The fourth-order valence-electron chi connectivity index (χ4n) is 2.19. The van der Waals surface area contributed by atoms with Crippen LogP contribution in [0.25, 0.3) is 0 Å². The number of halogens is 1. The molecule has 1 aliphatic rings. The molecule has 18 heavy (non-hydrogen) atoms. The van der Waals surface area contributed by atoms with Gasteiger partial charge in [0, 0.05) is 34.8 Å². The first kappa shape index (κ1) is 13.7. The summed E-state index contributed by atoms with van der Waals surface area (Å²) >= 11 is 2.00. The molecule has 100 valence electrons. The average Bonchev–Trinajstić information content (AvgIpc) is 2.46. The number of nitrogens with zero attached hydrogens (tertiary/aromatic N) is 1. The molecule has 0 radical (unpaired) electrons. The fourth-order valence-corrected chi connectivity index (χ4v) is 3.32. The standard InChI is InChI=1S/C14H21FN2S/c1-14(2)6-7-17(8-9-18-14)10-11-12(15)4-3-5-13(11)16/h3-5H,6-10,16H2,1-2H3. The molecule has 0 atom stereocenters. The molecule has 2 N–H and O–H groups in total. The highest BCUT2D eigenvalue weighted by Gasteiger charge is 2.24. The Bertz CT molecular complexity index is 400. The van der Waals surface area contributed by atoms with E-state index in [0.717, 1.165) is 25.3 Å². The molecule has 0 unspecified atom stereocenters. The third-order valence-corrected chi connectivity index (χ3v) is 4.84. The molecule has 1 aliphatic heterocycles. The summed E-state index contributed by atoms with van der Waals surface area (Å²) in [5.41, 5.74) is 7.06. The molecule has 0 amide bonds. The lowest BCUT2D eigenvalue weighted by Crippen LogP contribution is -2.27. The van der Waals surface area contributed by atoms with Gasteiger partial charge in [0.05, 0.1) is 0 Å². The number of thioether (sulfide) groups is 1. The van der Waals surface area contributed by atoms with Crippen molar-refractivity contribution in [3.8, 4) is 0 Å². The van der Waals surface area contributed by atoms with E-state index >= 15 is 0 Å². The predicted molar refractivity (Wildman–Crippen MR) is 77.2 cm³/mol. The molecular weight excluding hydrogens is 247 g/mol. The van der Waals surface area contributed by atoms with E-state index in [-0.39, 0.29) is 5.82 Å². The molecule has 0 aromatic heterocycles. The van der Waals surface area contributed by atoms with Gasteiger partial charge in [0.25, 0.3) is 0 Å². The van der Waals surface area contributed by atoms with Crippen LogP contribution in [0.15, 0.2) is 18.2 Å². The van der Waals surface area contributed by atoms with E-state index in [9.17, 15) is 4.39 Å². The Morgan fingerprint density at radius 2 is 2.17 bits per heavy atom. The zero-order valence-electron chi connectivity index (χ0n) is 11.1. The van der Waals surface area contributed by atoms with Crippen molar-refractivity contribution in [1.82, 2.24) is 4.90 Å². The first-order chi connectivity index (χ1) is 8.48. The predicted octanol–water partition coefficient (Wildman–Crippen LogP) is 3.13. The Morgan fingerprint density at radius 3 is 2.89 bits per heavy atom. The fraction of sp³-hybridized carbons (Fsp3) is 0.571. The molecule has 2 nitrogen and oxygen atoms in total. The second-order valence-electron chi connectivity index (χ2n) is 5.44. The number of nitrogen functional groups attached to an aromatic ring is 1. The van der Waals surface area contributed by atoms with Crippen LogP contribution in [0.2, 0.25) is 0 Å². The molecule has 0 bridgehead atoms. The van der Waals surface area contributed by atoms with Crippen LogP contribution < -0.4 is 5.73 Å². The monoisotopic (exact) mass is 268 g/mol. The summed E-state index contributed by atoms with van der Waals surface area (Å²) in [5, 5.41) is 0. The van der Waals surface area contributed by atoms with Crippen molar-refractivity contribution in [2.75, 3.05) is 24.6 Å². The quantitative estimate of drug-likeness (QED) is 0.836. The van der Waals surface area contributed by atoms with Gasteiger partial charge >= 0.3 is 0 Å².